The molecule has 2 aromatic rings. The Morgan fingerprint density at radius 2 is 2.05 bits per heavy atom. The zero-order chi connectivity index (χ0) is 15.4. The number of fused-ring (bicyclic) bond motifs is 1. The van der Waals surface area contributed by atoms with E-state index in [-0.39, 0.29) is 0 Å². The van der Waals surface area contributed by atoms with Crippen molar-refractivity contribution >= 4 is 16.6 Å². The van der Waals surface area contributed by atoms with Gasteiger partial charge in [0.1, 0.15) is 5.82 Å². The molecular formula is C17H22F2N2. The van der Waals surface area contributed by atoms with Crippen molar-refractivity contribution in [2.75, 3.05) is 18.0 Å². The largest absolute Gasteiger partial charge is 0.356 e. The Kier molecular flexibility index (Phi) is 5.10. The summed E-state index contributed by atoms with van der Waals surface area (Å²) >= 11 is 0. The number of aryl methyl sites for hydroxylation is 1. The van der Waals surface area contributed by atoms with Crippen LogP contribution in [0.1, 0.15) is 25.8 Å². The lowest BCUT2D eigenvalue weighted by Gasteiger charge is -2.18. The summed E-state index contributed by atoms with van der Waals surface area (Å²) in [6.45, 7) is 7.12. The fourth-order valence-corrected chi connectivity index (χ4v) is 2.69. The first-order valence-corrected chi connectivity index (χ1v) is 7.53. The number of benzene rings is 1. The van der Waals surface area contributed by atoms with Gasteiger partial charge in [0.25, 0.3) is 0 Å². The second-order valence-electron chi connectivity index (χ2n) is 5.17. The average Bonchev–Trinajstić information content (AvgIpc) is 2.99. The van der Waals surface area contributed by atoms with E-state index in [0.29, 0.717) is 19.5 Å². The molecule has 1 aliphatic rings. The molecule has 0 radical (unpaired) electrons. The van der Waals surface area contributed by atoms with Crippen molar-refractivity contribution in [2.45, 2.75) is 33.6 Å². The fraction of sp³-hybridized carbons (Fsp3) is 0.471. The molecule has 4 heteroatoms. The molecule has 1 aromatic carbocycles. The lowest BCUT2D eigenvalue weighted by atomic mass is 10.1. The summed E-state index contributed by atoms with van der Waals surface area (Å²) in [6, 6.07) is 8.09. The van der Waals surface area contributed by atoms with Gasteiger partial charge >= 0.3 is 0 Å². The minimum atomic E-state index is -2.23. The number of alkyl halides is 2. The van der Waals surface area contributed by atoms with Gasteiger partial charge in [-0.2, -0.15) is 0 Å². The van der Waals surface area contributed by atoms with Crippen molar-refractivity contribution in [3.05, 3.63) is 36.0 Å². The summed E-state index contributed by atoms with van der Waals surface area (Å²) in [5, 5.41) is 2.24. The average molecular weight is 292 g/mol. The van der Waals surface area contributed by atoms with Crippen LogP contribution in [0, 0.1) is 12.8 Å². The molecule has 0 N–H and O–H groups in total. The highest BCUT2D eigenvalue weighted by molar-refractivity contribution is 5.86. The molecule has 21 heavy (non-hydrogen) atoms. The van der Waals surface area contributed by atoms with Gasteiger partial charge in [-0.15, -0.1) is 0 Å². The van der Waals surface area contributed by atoms with Gasteiger partial charge in [-0.1, -0.05) is 32.0 Å². The summed E-state index contributed by atoms with van der Waals surface area (Å²) in [5.41, 5.74) is 1.18. The predicted octanol–water partition coefficient (Wildman–Crippen LogP) is 4.66. The van der Waals surface area contributed by atoms with E-state index in [1.165, 1.54) is 5.56 Å². The van der Waals surface area contributed by atoms with Crippen LogP contribution in [0.25, 0.3) is 10.8 Å². The van der Waals surface area contributed by atoms with E-state index in [1.54, 1.807) is 0 Å². The Hall–Kier alpha value is -1.71. The highest BCUT2D eigenvalue weighted by atomic mass is 19.3. The summed E-state index contributed by atoms with van der Waals surface area (Å²) in [4.78, 5) is 6.38. The maximum absolute atomic E-state index is 12.7. The molecule has 2 nitrogen and oxygen atoms in total. The first kappa shape index (κ1) is 15.7. The maximum atomic E-state index is 12.7. The van der Waals surface area contributed by atoms with Crippen LogP contribution in [0.2, 0.25) is 0 Å². The topological polar surface area (TPSA) is 16.1 Å². The van der Waals surface area contributed by atoms with Crippen LogP contribution >= 0.6 is 0 Å². The zero-order valence-electron chi connectivity index (χ0n) is 12.8. The molecular weight excluding hydrogens is 270 g/mol. The van der Waals surface area contributed by atoms with Crippen LogP contribution in [0.5, 0.6) is 0 Å². The van der Waals surface area contributed by atoms with Crippen molar-refractivity contribution in [2.24, 2.45) is 5.92 Å². The molecule has 1 aliphatic heterocycles. The Balaban J connectivity index is 0.000000774. The van der Waals surface area contributed by atoms with Gasteiger partial charge in [-0.3, -0.25) is 0 Å². The number of hydrogen-bond acceptors (Lipinski definition) is 2. The Labute approximate surface area is 124 Å². The summed E-state index contributed by atoms with van der Waals surface area (Å²) in [6.07, 6.45) is 0.161. The molecule has 0 bridgehead atoms. The van der Waals surface area contributed by atoms with Gasteiger partial charge in [0, 0.05) is 30.6 Å². The third kappa shape index (κ3) is 3.31. The van der Waals surface area contributed by atoms with E-state index in [4.69, 9.17) is 0 Å². The van der Waals surface area contributed by atoms with Crippen LogP contribution in [0.15, 0.2) is 30.5 Å². The fourth-order valence-electron chi connectivity index (χ4n) is 2.69. The van der Waals surface area contributed by atoms with Gasteiger partial charge in [0.05, 0.1) is 0 Å². The van der Waals surface area contributed by atoms with Crippen LogP contribution in [-0.2, 0) is 0 Å². The first-order chi connectivity index (χ1) is 10.1. The van der Waals surface area contributed by atoms with E-state index in [2.05, 4.69) is 4.98 Å². The molecule has 0 amide bonds. The molecule has 1 aromatic heterocycles. The molecule has 1 atom stereocenters. The minimum Gasteiger partial charge on any atom is -0.356 e. The smallest absolute Gasteiger partial charge is 0.243 e. The van der Waals surface area contributed by atoms with Crippen LogP contribution in [0.3, 0.4) is 0 Å². The first-order valence-electron chi connectivity index (χ1n) is 7.53. The SMILES string of the molecule is CC.Cc1cccc2cc(N3CCC(C(F)F)C3)ncc12. The molecule has 3 rings (SSSR count). The highest BCUT2D eigenvalue weighted by Crippen LogP contribution is 2.28. The van der Waals surface area contributed by atoms with Crippen LogP contribution in [-0.4, -0.2) is 24.5 Å². The lowest BCUT2D eigenvalue weighted by Crippen LogP contribution is -2.22. The molecule has 1 fully saturated rings. The summed E-state index contributed by atoms with van der Waals surface area (Å²) in [7, 11) is 0. The Bertz CT molecular complexity index is 598. The quantitative estimate of drug-likeness (QED) is 0.800. The predicted molar refractivity (Wildman–Crippen MR) is 84.2 cm³/mol. The van der Waals surface area contributed by atoms with E-state index >= 15 is 0 Å². The van der Waals surface area contributed by atoms with Crippen molar-refractivity contribution in [1.82, 2.24) is 4.98 Å². The van der Waals surface area contributed by atoms with Gasteiger partial charge in [-0.25, -0.2) is 13.8 Å². The summed E-state index contributed by atoms with van der Waals surface area (Å²) < 4.78 is 25.4. The van der Waals surface area contributed by atoms with Crippen molar-refractivity contribution in [1.29, 1.82) is 0 Å². The number of anilines is 1. The molecule has 1 saturated heterocycles. The summed E-state index contributed by atoms with van der Waals surface area (Å²) in [5.74, 6) is 0.288. The van der Waals surface area contributed by atoms with Gasteiger partial charge < -0.3 is 4.90 Å². The molecule has 0 spiro atoms. The number of rotatable bonds is 2. The zero-order valence-corrected chi connectivity index (χ0v) is 12.8. The van der Waals surface area contributed by atoms with Gasteiger partial charge in [-0.05, 0) is 30.4 Å². The number of aromatic nitrogens is 1. The van der Waals surface area contributed by atoms with E-state index in [1.807, 2.05) is 56.1 Å². The van der Waals surface area contributed by atoms with E-state index < -0.39 is 12.3 Å². The molecule has 0 aliphatic carbocycles. The number of nitrogens with zero attached hydrogens (tertiary/aromatic N) is 2. The van der Waals surface area contributed by atoms with Gasteiger partial charge in [0.2, 0.25) is 6.43 Å². The Morgan fingerprint density at radius 1 is 1.29 bits per heavy atom. The molecule has 0 saturated carbocycles. The molecule has 114 valence electrons. The third-order valence-corrected chi connectivity index (χ3v) is 3.87. The third-order valence-electron chi connectivity index (χ3n) is 3.87. The van der Waals surface area contributed by atoms with Crippen molar-refractivity contribution in [3.8, 4) is 0 Å². The highest BCUT2D eigenvalue weighted by Gasteiger charge is 2.30. The monoisotopic (exact) mass is 292 g/mol. The van der Waals surface area contributed by atoms with Gasteiger partial charge in [0.15, 0.2) is 0 Å². The van der Waals surface area contributed by atoms with Crippen LogP contribution in [0.4, 0.5) is 14.6 Å². The minimum absolute atomic E-state index is 0.405. The van der Waals surface area contributed by atoms with Crippen molar-refractivity contribution in [3.63, 3.8) is 0 Å². The molecule has 1 unspecified atom stereocenters. The number of halogens is 2. The lowest BCUT2D eigenvalue weighted by molar-refractivity contribution is 0.0880. The molecule has 2 heterocycles. The van der Waals surface area contributed by atoms with Crippen molar-refractivity contribution < 1.29 is 8.78 Å². The Morgan fingerprint density at radius 3 is 2.71 bits per heavy atom. The normalized spacial score (nSPS) is 18.0. The van der Waals surface area contributed by atoms with E-state index in [0.717, 1.165) is 16.6 Å². The number of hydrogen-bond donors (Lipinski definition) is 0. The van der Waals surface area contributed by atoms with Crippen LogP contribution < -0.4 is 4.90 Å². The second kappa shape index (κ2) is 6.83. The maximum Gasteiger partial charge on any atom is 0.243 e. The van der Waals surface area contributed by atoms with E-state index in [9.17, 15) is 8.78 Å². The standard InChI is InChI=1S/C15H16F2N2.C2H6/c1-10-3-2-4-11-7-14(18-8-13(10)11)19-6-5-12(9-19)15(16)17;1-2/h2-4,7-8,12,15H,5-6,9H2,1H3;1-2H3. The number of pyridine rings is 1. The second-order valence-corrected chi connectivity index (χ2v) is 5.17.